The molecule has 1 aromatic carbocycles. The van der Waals surface area contributed by atoms with Gasteiger partial charge in [-0.25, -0.2) is 4.79 Å². The maximum atomic E-state index is 11.5. The fourth-order valence-electron chi connectivity index (χ4n) is 1.69. The third-order valence-electron chi connectivity index (χ3n) is 2.61. The lowest BCUT2D eigenvalue weighted by Gasteiger charge is -2.11. The zero-order valence-electron chi connectivity index (χ0n) is 11.0. The lowest BCUT2D eigenvalue weighted by atomic mass is 10.1. The Morgan fingerprint density at radius 3 is 2.67 bits per heavy atom. The summed E-state index contributed by atoms with van der Waals surface area (Å²) in [5.41, 5.74) is 0.798. The van der Waals surface area contributed by atoms with E-state index in [-0.39, 0.29) is 12.3 Å². The van der Waals surface area contributed by atoms with Crippen molar-refractivity contribution in [1.29, 1.82) is 0 Å². The third-order valence-corrected chi connectivity index (χ3v) is 3.30. The molecule has 0 bridgehead atoms. The molecule has 1 aliphatic heterocycles. The molecular formula is C14H11BrN2O4. The normalized spacial score (nSPS) is 15.4. The van der Waals surface area contributed by atoms with Crippen molar-refractivity contribution < 1.29 is 19.1 Å². The van der Waals surface area contributed by atoms with Gasteiger partial charge in [0.1, 0.15) is 12.3 Å². The van der Waals surface area contributed by atoms with Crippen LogP contribution in [0.4, 0.5) is 4.79 Å². The Kier molecular flexibility index (Phi) is 4.50. The minimum atomic E-state index is -0.552. The second kappa shape index (κ2) is 6.33. The Labute approximate surface area is 129 Å². The summed E-state index contributed by atoms with van der Waals surface area (Å²) >= 11 is 3.37. The van der Waals surface area contributed by atoms with Crippen molar-refractivity contribution in [2.24, 2.45) is 0 Å². The molecule has 0 saturated carbocycles. The molecular weight excluding hydrogens is 340 g/mol. The van der Waals surface area contributed by atoms with E-state index in [1.54, 1.807) is 12.1 Å². The number of halogens is 1. The van der Waals surface area contributed by atoms with Gasteiger partial charge in [0.2, 0.25) is 0 Å². The Morgan fingerprint density at radius 2 is 2.10 bits per heavy atom. The molecule has 6 nitrogen and oxygen atoms in total. The summed E-state index contributed by atoms with van der Waals surface area (Å²) in [6.07, 6.45) is 6.68. The average Bonchev–Trinajstić information content (AvgIpc) is 2.77. The molecule has 1 heterocycles. The van der Waals surface area contributed by atoms with E-state index in [2.05, 4.69) is 32.5 Å². The van der Waals surface area contributed by atoms with E-state index in [0.717, 1.165) is 0 Å². The SMILES string of the molecule is C#CCOc1cc(Br)c(C=C2NC(=O)NC2=O)cc1OC. The van der Waals surface area contributed by atoms with Crippen LogP contribution in [-0.2, 0) is 4.79 Å². The van der Waals surface area contributed by atoms with E-state index in [0.29, 0.717) is 21.5 Å². The lowest BCUT2D eigenvalue weighted by molar-refractivity contribution is -0.115. The number of urea groups is 1. The van der Waals surface area contributed by atoms with E-state index < -0.39 is 11.9 Å². The fourth-order valence-corrected chi connectivity index (χ4v) is 2.13. The average molecular weight is 351 g/mol. The maximum absolute atomic E-state index is 11.5. The zero-order chi connectivity index (χ0) is 15.4. The molecule has 21 heavy (non-hydrogen) atoms. The Morgan fingerprint density at radius 1 is 1.33 bits per heavy atom. The smallest absolute Gasteiger partial charge is 0.326 e. The van der Waals surface area contributed by atoms with Crippen LogP contribution in [0.25, 0.3) is 6.08 Å². The van der Waals surface area contributed by atoms with E-state index in [9.17, 15) is 9.59 Å². The summed E-state index contributed by atoms with van der Waals surface area (Å²) in [6, 6.07) is 2.79. The van der Waals surface area contributed by atoms with Gasteiger partial charge < -0.3 is 14.8 Å². The van der Waals surface area contributed by atoms with Crippen molar-refractivity contribution in [3.63, 3.8) is 0 Å². The summed E-state index contributed by atoms with van der Waals surface area (Å²) < 4.78 is 11.2. The van der Waals surface area contributed by atoms with Crippen LogP contribution >= 0.6 is 15.9 Å². The first-order valence-corrected chi connectivity index (χ1v) is 6.62. The number of terminal acetylenes is 1. The van der Waals surface area contributed by atoms with Crippen LogP contribution in [0.15, 0.2) is 22.3 Å². The van der Waals surface area contributed by atoms with Crippen LogP contribution < -0.4 is 20.1 Å². The van der Waals surface area contributed by atoms with Crippen molar-refractivity contribution in [3.05, 3.63) is 27.9 Å². The Balaban J connectivity index is 2.37. The van der Waals surface area contributed by atoms with Crippen molar-refractivity contribution in [1.82, 2.24) is 10.6 Å². The van der Waals surface area contributed by atoms with Crippen LogP contribution in [0, 0.1) is 12.3 Å². The fraction of sp³-hybridized carbons (Fsp3) is 0.143. The summed E-state index contributed by atoms with van der Waals surface area (Å²) in [5, 5.41) is 4.53. The quantitative estimate of drug-likeness (QED) is 0.491. The molecule has 1 aliphatic rings. The second-order valence-corrected chi connectivity index (χ2v) is 4.84. The summed E-state index contributed by atoms with van der Waals surface area (Å²) in [6.45, 7) is 0.113. The van der Waals surface area contributed by atoms with Crippen LogP contribution in [0.1, 0.15) is 5.56 Å². The molecule has 1 saturated heterocycles. The molecule has 1 fully saturated rings. The predicted molar refractivity (Wildman–Crippen MR) is 79.7 cm³/mol. The van der Waals surface area contributed by atoms with Gasteiger partial charge in [-0.05, 0) is 23.8 Å². The minimum Gasteiger partial charge on any atom is -0.493 e. The molecule has 1 aromatic rings. The van der Waals surface area contributed by atoms with Crippen LogP contribution in [0.3, 0.4) is 0 Å². The number of imide groups is 1. The van der Waals surface area contributed by atoms with Gasteiger partial charge >= 0.3 is 6.03 Å². The van der Waals surface area contributed by atoms with Crippen LogP contribution in [0.5, 0.6) is 11.5 Å². The zero-order valence-corrected chi connectivity index (χ0v) is 12.6. The number of hydrogen-bond acceptors (Lipinski definition) is 4. The number of carbonyl (C=O) groups excluding carboxylic acids is 2. The highest BCUT2D eigenvalue weighted by Crippen LogP contribution is 2.34. The second-order valence-electron chi connectivity index (χ2n) is 3.98. The van der Waals surface area contributed by atoms with Gasteiger partial charge in [0, 0.05) is 4.47 Å². The highest BCUT2D eigenvalue weighted by atomic mass is 79.9. The van der Waals surface area contributed by atoms with Gasteiger partial charge in [-0.1, -0.05) is 21.9 Å². The highest BCUT2D eigenvalue weighted by molar-refractivity contribution is 9.10. The van der Waals surface area contributed by atoms with Gasteiger partial charge in [0.15, 0.2) is 11.5 Å². The van der Waals surface area contributed by atoms with Crippen LogP contribution in [-0.4, -0.2) is 25.7 Å². The monoisotopic (exact) mass is 350 g/mol. The standard InChI is InChI=1S/C14H11BrN2O4/c1-3-4-21-12-7-9(15)8(6-11(12)20-2)5-10-13(18)17-14(19)16-10/h1,5-7H,4H2,2H3,(H2,16,17,18,19). The molecule has 0 aliphatic carbocycles. The molecule has 2 N–H and O–H groups in total. The molecule has 0 spiro atoms. The van der Waals surface area contributed by atoms with Gasteiger partial charge in [-0.2, -0.15) is 0 Å². The van der Waals surface area contributed by atoms with Crippen molar-refractivity contribution >= 4 is 33.9 Å². The lowest BCUT2D eigenvalue weighted by Crippen LogP contribution is -2.22. The Bertz CT molecular complexity index is 676. The number of carbonyl (C=O) groups is 2. The van der Waals surface area contributed by atoms with E-state index >= 15 is 0 Å². The molecule has 0 unspecified atom stereocenters. The van der Waals surface area contributed by atoms with Gasteiger partial charge in [-0.15, -0.1) is 6.42 Å². The molecule has 0 atom stereocenters. The molecule has 108 valence electrons. The number of amides is 3. The first kappa shape index (κ1) is 14.9. The number of methoxy groups -OCH3 is 1. The highest BCUT2D eigenvalue weighted by Gasteiger charge is 2.23. The number of rotatable bonds is 4. The van der Waals surface area contributed by atoms with Crippen molar-refractivity contribution in [2.45, 2.75) is 0 Å². The first-order valence-electron chi connectivity index (χ1n) is 5.83. The molecule has 7 heteroatoms. The van der Waals surface area contributed by atoms with E-state index in [1.165, 1.54) is 13.2 Å². The molecule has 3 amide bonds. The Hall–Kier alpha value is -2.46. The third kappa shape index (κ3) is 3.35. The topological polar surface area (TPSA) is 76.7 Å². The summed E-state index contributed by atoms with van der Waals surface area (Å²) in [7, 11) is 1.49. The van der Waals surface area contributed by atoms with Crippen molar-refractivity contribution in [2.75, 3.05) is 13.7 Å². The largest absolute Gasteiger partial charge is 0.493 e. The number of nitrogens with one attached hydrogen (secondary N) is 2. The first-order chi connectivity index (χ1) is 10.0. The molecule has 2 rings (SSSR count). The van der Waals surface area contributed by atoms with E-state index in [4.69, 9.17) is 15.9 Å². The van der Waals surface area contributed by atoms with Crippen LogP contribution in [0.2, 0.25) is 0 Å². The van der Waals surface area contributed by atoms with Gasteiger partial charge in [0.25, 0.3) is 5.91 Å². The molecule has 0 aromatic heterocycles. The number of ether oxygens (including phenoxy) is 2. The maximum Gasteiger partial charge on any atom is 0.326 e. The minimum absolute atomic E-state index is 0.113. The predicted octanol–water partition coefficient (Wildman–Crippen LogP) is 1.65. The van der Waals surface area contributed by atoms with E-state index in [1.807, 2.05) is 0 Å². The summed E-state index contributed by atoms with van der Waals surface area (Å²) in [5.74, 6) is 2.82. The van der Waals surface area contributed by atoms with Crippen molar-refractivity contribution in [3.8, 4) is 23.8 Å². The van der Waals surface area contributed by atoms with Gasteiger partial charge in [-0.3, -0.25) is 10.1 Å². The summed E-state index contributed by atoms with van der Waals surface area (Å²) in [4.78, 5) is 22.6. The number of hydrogen-bond donors (Lipinski definition) is 2. The van der Waals surface area contributed by atoms with Gasteiger partial charge in [0.05, 0.1) is 7.11 Å². The number of benzene rings is 1. The molecule has 0 radical (unpaired) electrons.